The first-order valence-electron chi connectivity index (χ1n) is 6.41. The molecule has 0 bridgehead atoms. The Hall–Kier alpha value is -1.79. The van der Waals surface area contributed by atoms with E-state index in [0.717, 1.165) is 5.56 Å². The molecule has 1 rings (SSSR count). The molecular formula is C14H23N2O4+. The molecule has 112 valence electrons. The minimum Gasteiger partial charge on any atom is -0.493 e. The van der Waals surface area contributed by atoms with Crippen LogP contribution in [0.4, 0.5) is 0 Å². The van der Waals surface area contributed by atoms with Crippen LogP contribution in [0.3, 0.4) is 0 Å². The number of hydrogen-bond acceptors (Lipinski definition) is 4. The zero-order chi connectivity index (χ0) is 15.2. The summed E-state index contributed by atoms with van der Waals surface area (Å²) in [6.07, 6.45) is 0. The van der Waals surface area contributed by atoms with Crippen LogP contribution in [0, 0.1) is 0 Å². The summed E-state index contributed by atoms with van der Waals surface area (Å²) in [6.45, 7) is 4.56. The average molecular weight is 283 g/mol. The number of carbonyl (C=O) groups excluding carboxylic acids is 1. The predicted octanol–water partition coefficient (Wildman–Crippen LogP) is -0.606. The summed E-state index contributed by atoms with van der Waals surface area (Å²) in [5, 5.41) is 11.3. The highest BCUT2D eigenvalue weighted by Gasteiger charge is 2.19. The number of methoxy groups -OCH3 is 1. The molecule has 0 aromatic heterocycles. The summed E-state index contributed by atoms with van der Waals surface area (Å²) in [4.78, 5) is 10.7. The van der Waals surface area contributed by atoms with Crippen molar-refractivity contribution in [1.29, 1.82) is 0 Å². The van der Waals surface area contributed by atoms with Crippen LogP contribution in [0.2, 0.25) is 0 Å². The van der Waals surface area contributed by atoms with Crippen molar-refractivity contribution >= 4 is 5.91 Å². The number of amides is 1. The molecule has 6 heteroatoms. The Balaban J connectivity index is 2.74. The lowest BCUT2D eigenvalue weighted by atomic mass is 10.1. The molecule has 0 aliphatic carbocycles. The van der Waals surface area contributed by atoms with E-state index in [0.29, 0.717) is 18.0 Å². The van der Waals surface area contributed by atoms with Crippen molar-refractivity contribution in [2.24, 2.45) is 5.73 Å². The van der Waals surface area contributed by atoms with E-state index in [2.05, 4.69) is 0 Å². The van der Waals surface area contributed by atoms with Gasteiger partial charge in [-0.05, 0) is 32.0 Å². The maximum atomic E-state index is 10.7. The summed E-state index contributed by atoms with van der Waals surface area (Å²) in [7, 11) is 1.54. The van der Waals surface area contributed by atoms with E-state index in [9.17, 15) is 9.90 Å². The van der Waals surface area contributed by atoms with Crippen LogP contribution in [0.1, 0.15) is 19.4 Å². The minimum absolute atomic E-state index is 0.101. The lowest BCUT2D eigenvalue weighted by Crippen LogP contribution is -2.95. The van der Waals surface area contributed by atoms with Gasteiger partial charge in [0.05, 0.1) is 13.7 Å². The van der Waals surface area contributed by atoms with Crippen LogP contribution < -0.4 is 20.5 Å². The number of carbonyl (C=O) groups is 1. The van der Waals surface area contributed by atoms with Crippen molar-refractivity contribution in [3.8, 4) is 11.5 Å². The maximum absolute atomic E-state index is 10.7. The Kier molecular flexibility index (Phi) is 5.79. The van der Waals surface area contributed by atoms with Gasteiger partial charge in [0, 0.05) is 5.56 Å². The molecule has 0 heterocycles. The summed E-state index contributed by atoms with van der Waals surface area (Å²) in [6, 6.07) is 5.49. The van der Waals surface area contributed by atoms with E-state index in [4.69, 9.17) is 15.2 Å². The van der Waals surface area contributed by atoms with E-state index in [-0.39, 0.29) is 18.8 Å². The number of primary amides is 1. The van der Waals surface area contributed by atoms with Gasteiger partial charge in [-0.25, -0.2) is 0 Å². The molecule has 0 saturated heterocycles. The van der Waals surface area contributed by atoms with Gasteiger partial charge in [0.25, 0.3) is 5.91 Å². The number of quaternary nitrogens is 1. The SMILES string of the molecule is COc1cc(C[NH2+]C(C)(C)CO)ccc1OCC(N)=O. The van der Waals surface area contributed by atoms with Crippen molar-refractivity contribution in [3.63, 3.8) is 0 Å². The van der Waals surface area contributed by atoms with Crippen molar-refractivity contribution in [1.82, 2.24) is 0 Å². The molecule has 1 amide bonds. The standard InChI is InChI=1S/C14H22N2O4/c1-14(2,9-17)16-7-10-4-5-11(12(6-10)19-3)20-8-13(15)18/h4-6,16-17H,7-9H2,1-3H3,(H2,15,18)/p+1. The summed E-state index contributed by atoms with van der Waals surface area (Å²) >= 11 is 0. The fourth-order valence-electron chi connectivity index (χ4n) is 1.57. The van der Waals surface area contributed by atoms with Crippen LogP contribution >= 0.6 is 0 Å². The number of aliphatic hydroxyl groups excluding tert-OH is 1. The second-order valence-corrected chi connectivity index (χ2v) is 5.30. The van der Waals surface area contributed by atoms with Gasteiger partial charge < -0.3 is 25.6 Å². The first-order valence-corrected chi connectivity index (χ1v) is 6.41. The summed E-state index contributed by atoms with van der Waals surface area (Å²) < 4.78 is 10.5. The van der Waals surface area contributed by atoms with E-state index in [1.165, 1.54) is 7.11 Å². The highest BCUT2D eigenvalue weighted by molar-refractivity contribution is 5.75. The number of ether oxygens (including phenoxy) is 2. The van der Waals surface area contributed by atoms with Crippen LogP contribution in [0.5, 0.6) is 11.5 Å². The average Bonchev–Trinajstić information content (AvgIpc) is 2.43. The van der Waals surface area contributed by atoms with Gasteiger partial charge in [-0.3, -0.25) is 4.79 Å². The predicted molar refractivity (Wildman–Crippen MR) is 74.5 cm³/mol. The number of hydrogen-bond donors (Lipinski definition) is 3. The van der Waals surface area contributed by atoms with E-state index >= 15 is 0 Å². The molecule has 0 saturated carbocycles. The van der Waals surface area contributed by atoms with Crippen molar-refractivity contribution in [3.05, 3.63) is 23.8 Å². The van der Waals surface area contributed by atoms with Gasteiger partial charge in [-0.15, -0.1) is 0 Å². The third kappa shape index (κ3) is 5.07. The van der Waals surface area contributed by atoms with Gasteiger partial charge in [-0.1, -0.05) is 0 Å². The number of aliphatic hydroxyl groups is 1. The van der Waals surface area contributed by atoms with Crippen LogP contribution in [-0.4, -0.2) is 36.9 Å². The Bertz CT molecular complexity index is 460. The number of rotatable bonds is 8. The summed E-state index contributed by atoms with van der Waals surface area (Å²) in [5.74, 6) is 0.504. The second kappa shape index (κ2) is 7.12. The lowest BCUT2D eigenvalue weighted by molar-refractivity contribution is -0.736. The van der Waals surface area contributed by atoms with Gasteiger partial charge in [-0.2, -0.15) is 0 Å². The molecule has 0 atom stereocenters. The van der Waals surface area contributed by atoms with E-state index < -0.39 is 5.91 Å². The third-order valence-corrected chi connectivity index (χ3v) is 2.90. The topological polar surface area (TPSA) is 98.4 Å². The molecule has 0 unspecified atom stereocenters. The molecule has 0 radical (unpaired) electrons. The zero-order valence-electron chi connectivity index (χ0n) is 12.2. The molecule has 0 spiro atoms. The normalized spacial score (nSPS) is 11.2. The van der Waals surface area contributed by atoms with E-state index in [1.54, 1.807) is 6.07 Å². The Morgan fingerprint density at radius 2 is 2.10 bits per heavy atom. The molecule has 0 aliphatic heterocycles. The number of benzene rings is 1. The Morgan fingerprint density at radius 1 is 1.40 bits per heavy atom. The largest absolute Gasteiger partial charge is 0.493 e. The first-order chi connectivity index (χ1) is 9.38. The molecule has 5 N–H and O–H groups in total. The van der Waals surface area contributed by atoms with Crippen molar-refractivity contribution < 1.29 is 24.7 Å². The van der Waals surface area contributed by atoms with Gasteiger partial charge in [0.1, 0.15) is 12.1 Å². The van der Waals surface area contributed by atoms with Crippen LogP contribution in [0.15, 0.2) is 18.2 Å². The minimum atomic E-state index is -0.533. The van der Waals surface area contributed by atoms with Crippen LogP contribution in [0.25, 0.3) is 0 Å². The molecule has 1 aromatic carbocycles. The monoisotopic (exact) mass is 283 g/mol. The highest BCUT2D eigenvalue weighted by Crippen LogP contribution is 2.27. The maximum Gasteiger partial charge on any atom is 0.255 e. The van der Waals surface area contributed by atoms with Gasteiger partial charge in [0.2, 0.25) is 0 Å². The first kappa shape index (κ1) is 16.3. The van der Waals surface area contributed by atoms with Crippen molar-refractivity contribution in [2.75, 3.05) is 20.3 Å². The third-order valence-electron chi connectivity index (χ3n) is 2.90. The lowest BCUT2D eigenvalue weighted by Gasteiger charge is -2.20. The van der Waals surface area contributed by atoms with E-state index in [1.807, 2.05) is 31.3 Å². The fraction of sp³-hybridized carbons (Fsp3) is 0.500. The Labute approximate surface area is 118 Å². The molecule has 6 nitrogen and oxygen atoms in total. The quantitative estimate of drug-likeness (QED) is 0.593. The van der Waals surface area contributed by atoms with Gasteiger partial charge >= 0.3 is 0 Å². The Morgan fingerprint density at radius 3 is 2.65 bits per heavy atom. The number of nitrogens with two attached hydrogens (primary N) is 2. The second-order valence-electron chi connectivity index (χ2n) is 5.30. The molecule has 0 aliphatic rings. The summed E-state index contributed by atoms with van der Waals surface area (Å²) in [5.41, 5.74) is 5.85. The van der Waals surface area contributed by atoms with Crippen molar-refractivity contribution in [2.45, 2.75) is 25.9 Å². The molecule has 20 heavy (non-hydrogen) atoms. The molecule has 1 aromatic rings. The highest BCUT2D eigenvalue weighted by atomic mass is 16.5. The van der Waals surface area contributed by atoms with Gasteiger partial charge in [0.15, 0.2) is 18.1 Å². The smallest absolute Gasteiger partial charge is 0.255 e. The molecular weight excluding hydrogens is 260 g/mol. The fourth-order valence-corrected chi connectivity index (χ4v) is 1.57. The zero-order valence-corrected chi connectivity index (χ0v) is 12.2. The van der Waals surface area contributed by atoms with Crippen LogP contribution in [-0.2, 0) is 11.3 Å². The molecule has 0 fully saturated rings.